The van der Waals surface area contributed by atoms with Gasteiger partial charge in [-0.05, 0) is 68.3 Å². The highest BCUT2D eigenvalue weighted by atomic mass is 19.1. The lowest BCUT2D eigenvalue weighted by atomic mass is 9.74. The van der Waals surface area contributed by atoms with Crippen LogP contribution in [0.3, 0.4) is 0 Å². The van der Waals surface area contributed by atoms with Crippen molar-refractivity contribution < 1.29 is 19.7 Å². The maximum absolute atomic E-state index is 13.0. The molecule has 0 aliphatic carbocycles. The number of benzene rings is 1. The van der Waals surface area contributed by atoms with Crippen molar-refractivity contribution >= 4 is 0 Å². The van der Waals surface area contributed by atoms with E-state index in [0.29, 0.717) is 18.9 Å². The van der Waals surface area contributed by atoms with Crippen LogP contribution in [0.1, 0.15) is 24.8 Å². The number of hydrogen-bond donors (Lipinski definition) is 5. The molecule has 2 saturated heterocycles. The number of alkyl halides is 1. The predicted molar refractivity (Wildman–Crippen MR) is 94.4 cm³/mol. The number of hydrogen-bond acceptors (Lipinski definition) is 5. The minimum atomic E-state index is -0.905. The number of aliphatic hydroxyl groups is 1. The lowest BCUT2D eigenvalue weighted by molar-refractivity contribution is 0.0214. The second kappa shape index (κ2) is 8.34. The van der Waals surface area contributed by atoms with Crippen molar-refractivity contribution in [2.45, 2.75) is 37.8 Å². The molecule has 3 rings (SSSR count). The first-order valence-electron chi connectivity index (χ1n) is 9.25. The molecular formula is C19H29FN2O3. The third kappa shape index (κ3) is 4.84. The summed E-state index contributed by atoms with van der Waals surface area (Å²) in [7, 11) is 0. The molecule has 6 heteroatoms. The van der Waals surface area contributed by atoms with Crippen LogP contribution >= 0.6 is 0 Å². The molecule has 2 heterocycles. The number of nitrogens with one attached hydrogen (secondary N) is 2. The second-order valence-corrected chi connectivity index (χ2v) is 7.64. The number of phenols is 2. The SMILES string of the molecule is Oc1cc(O)cc(CC2CC(CC3CCNC3)C(C(O)CF)CN2)c1. The van der Waals surface area contributed by atoms with E-state index in [-0.39, 0.29) is 29.4 Å². The predicted octanol–water partition coefficient (Wildman–Crippen LogP) is 1.56. The summed E-state index contributed by atoms with van der Waals surface area (Å²) in [6, 6.07) is 4.85. The summed E-state index contributed by atoms with van der Waals surface area (Å²) in [4.78, 5) is 0. The Hall–Kier alpha value is -1.37. The zero-order chi connectivity index (χ0) is 17.8. The molecule has 1 aromatic rings. The van der Waals surface area contributed by atoms with Gasteiger partial charge in [0.25, 0.3) is 0 Å². The molecule has 2 fully saturated rings. The van der Waals surface area contributed by atoms with Crippen molar-refractivity contribution in [1.82, 2.24) is 10.6 Å². The van der Waals surface area contributed by atoms with Crippen molar-refractivity contribution in [3.8, 4) is 11.5 Å². The molecule has 0 spiro atoms. The Balaban J connectivity index is 1.66. The summed E-state index contributed by atoms with van der Waals surface area (Å²) >= 11 is 0. The van der Waals surface area contributed by atoms with E-state index < -0.39 is 12.8 Å². The molecule has 2 aliphatic heterocycles. The average Bonchev–Trinajstić information content (AvgIpc) is 3.06. The molecular weight excluding hydrogens is 323 g/mol. The van der Waals surface area contributed by atoms with E-state index in [1.165, 1.54) is 6.07 Å². The molecule has 0 saturated carbocycles. The lowest BCUT2D eigenvalue weighted by Gasteiger charge is -2.40. The summed E-state index contributed by atoms with van der Waals surface area (Å²) in [5.41, 5.74) is 0.876. The molecule has 140 valence electrons. The Labute approximate surface area is 148 Å². The Morgan fingerprint density at radius 1 is 1.16 bits per heavy atom. The van der Waals surface area contributed by atoms with E-state index in [1.54, 1.807) is 12.1 Å². The van der Waals surface area contributed by atoms with E-state index in [1.807, 2.05) is 0 Å². The molecule has 5 atom stereocenters. The van der Waals surface area contributed by atoms with Crippen molar-refractivity contribution in [2.24, 2.45) is 17.8 Å². The van der Waals surface area contributed by atoms with Gasteiger partial charge in [0.1, 0.15) is 18.2 Å². The van der Waals surface area contributed by atoms with Crippen LogP contribution < -0.4 is 10.6 Å². The number of aliphatic hydroxyl groups excluding tert-OH is 1. The molecule has 5 nitrogen and oxygen atoms in total. The molecule has 2 aliphatic rings. The first-order chi connectivity index (χ1) is 12.0. The van der Waals surface area contributed by atoms with E-state index in [4.69, 9.17) is 0 Å². The Morgan fingerprint density at radius 2 is 1.92 bits per heavy atom. The quantitative estimate of drug-likeness (QED) is 0.537. The van der Waals surface area contributed by atoms with Crippen LogP contribution in [0.5, 0.6) is 11.5 Å². The van der Waals surface area contributed by atoms with E-state index in [9.17, 15) is 19.7 Å². The smallest absolute Gasteiger partial charge is 0.119 e. The zero-order valence-corrected chi connectivity index (χ0v) is 14.5. The summed E-state index contributed by atoms with van der Waals surface area (Å²) in [6.45, 7) is 1.95. The first kappa shape index (κ1) is 18.4. The topological polar surface area (TPSA) is 84.8 Å². The number of phenolic OH excluding ortho intramolecular Hbond substituents is 2. The average molecular weight is 352 g/mol. The summed E-state index contributed by atoms with van der Waals surface area (Å²) in [5, 5.41) is 36.2. The number of rotatable bonds is 6. The Kier molecular flexibility index (Phi) is 6.15. The van der Waals surface area contributed by atoms with Crippen LogP contribution in [0.4, 0.5) is 4.39 Å². The first-order valence-corrected chi connectivity index (χ1v) is 9.25. The number of halogens is 1. The normalized spacial score (nSPS) is 31.1. The van der Waals surface area contributed by atoms with E-state index in [0.717, 1.165) is 37.9 Å². The van der Waals surface area contributed by atoms with Gasteiger partial charge in [0.15, 0.2) is 0 Å². The molecule has 5 N–H and O–H groups in total. The molecule has 0 radical (unpaired) electrons. The van der Waals surface area contributed by atoms with Gasteiger partial charge in [0.05, 0.1) is 6.10 Å². The molecule has 5 unspecified atom stereocenters. The molecule has 0 aromatic heterocycles. The van der Waals surface area contributed by atoms with Crippen LogP contribution in [-0.4, -0.2) is 53.8 Å². The van der Waals surface area contributed by atoms with Gasteiger partial charge in [0.2, 0.25) is 0 Å². The fourth-order valence-corrected chi connectivity index (χ4v) is 4.49. The maximum Gasteiger partial charge on any atom is 0.119 e. The fourth-order valence-electron chi connectivity index (χ4n) is 4.49. The van der Waals surface area contributed by atoms with Crippen molar-refractivity contribution in [1.29, 1.82) is 0 Å². The standard InChI is InChI=1S/C19H29FN2O3/c20-9-19(25)18-11-22-15(4-13-5-16(23)8-17(24)6-13)7-14(18)3-12-1-2-21-10-12/h5-6,8,12,14-15,18-19,21-25H,1-4,7,9-11H2. The monoisotopic (exact) mass is 352 g/mol. The van der Waals surface area contributed by atoms with Gasteiger partial charge in [-0.1, -0.05) is 0 Å². The molecule has 25 heavy (non-hydrogen) atoms. The van der Waals surface area contributed by atoms with Crippen LogP contribution in [0, 0.1) is 17.8 Å². The summed E-state index contributed by atoms with van der Waals surface area (Å²) in [6.07, 6.45) is 2.82. The maximum atomic E-state index is 13.0. The van der Waals surface area contributed by atoms with Gasteiger partial charge in [-0.15, -0.1) is 0 Å². The van der Waals surface area contributed by atoms with E-state index in [2.05, 4.69) is 10.6 Å². The van der Waals surface area contributed by atoms with Crippen molar-refractivity contribution in [3.05, 3.63) is 23.8 Å². The highest BCUT2D eigenvalue weighted by molar-refractivity contribution is 5.37. The van der Waals surface area contributed by atoms with Crippen molar-refractivity contribution in [3.63, 3.8) is 0 Å². The molecule has 1 aromatic carbocycles. The van der Waals surface area contributed by atoms with E-state index >= 15 is 0 Å². The zero-order valence-electron chi connectivity index (χ0n) is 14.5. The largest absolute Gasteiger partial charge is 0.508 e. The Morgan fingerprint density at radius 3 is 2.56 bits per heavy atom. The second-order valence-electron chi connectivity index (χ2n) is 7.64. The van der Waals surface area contributed by atoms with Gasteiger partial charge in [-0.25, -0.2) is 4.39 Å². The van der Waals surface area contributed by atoms with Gasteiger partial charge >= 0.3 is 0 Å². The van der Waals surface area contributed by atoms with Gasteiger partial charge in [-0.2, -0.15) is 0 Å². The number of aromatic hydroxyl groups is 2. The summed E-state index contributed by atoms with van der Waals surface area (Å²) < 4.78 is 13.0. The summed E-state index contributed by atoms with van der Waals surface area (Å²) in [5.74, 6) is 0.949. The third-order valence-electron chi connectivity index (χ3n) is 5.73. The van der Waals surface area contributed by atoms with Crippen molar-refractivity contribution in [2.75, 3.05) is 26.3 Å². The molecule has 0 amide bonds. The Bertz CT molecular complexity index is 545. The lowest BCUT2D eigenvalue weighted by Crippen LogP contribution is -2.49. The van der Waals surface area contributed by atoms with Crippen LogP contribution in [0.15, 0.2) is 18.2 Å². The van der Waals surface area contributed by atoms with Crippen LogP contribution in [0.2, 0.25) is 0 Å². The minimum absolute atomic E-state index is 0.0561. The number of piperidine rings is 1. The highest BCUT2D eigenvalue weighted by Crippen LogP contribution is 2.34. The van der Waals surface area contributed by atoms with Crippen LogP contribution in [0.25, 0.3) is 0 Å². The van der Waals surface area contributed by atoms with Crippen LogP contribution in [-0.2, 0) is 6.42 Å². The van der Waals surface area contributed by atoms with Gasteiger partial charge in [0, 0.05) is 24.6 Å². The minimum Gasteiger partial charge on any atom is -0.508 e. The fraction of sp³-hybridized carbons (Fsp3) is 0.684. The third-order valence-corrected chi connectivity index (χ3v) is 5.73. The highest BCUT2D eigenvalue weighted by Gasteiger charge is 2.36. The molecule has 0 bridgehead atoms. The van der Waals surface area contributed by atoms with Gasteiger partial charge in [-0.3, -0.25) is 0 Å². The van der Waals surface area contributed by atoms with Gasteiger partial charge < -0.3 is 26.0 Å².